The summed E-state index contributed by atoms with van der Waals surface area (Å²) in [6.07, 6.45) is 4.88. The molecule has 6 nitrogen and oxygen atoms in total. The predicted molar refractivity (Wildman–Crippen MR) is 114 cm³/mol. The van der Waals surface area contributed by atoms with Gasteiger partial charge in [0.1, 0.15) is 10.6 Å². The molecule has 0 radical (unpaired) electrons. The van der Waals surface area contributed by atoms with E-state index in [0.29, 0.717) is 31.1 Å². The van der Waals surface area contributed by atoms with Crippen molar-refractivity contribution in [1.29, 1.82) is 0 Å². The number of hydrogen-bond donors (Lipinski definition) is 1. The molecule has 154 valence electrons. The van der Waals surface area contributed by atoms with E-state index in [4.69, 9.17) is 4.74 Å². The molecular weight excluding hydrogens is 388 g/mol. The van der Waals surface area contributed by atoms with Crippen LogP contribution in [0, 0.1) is 6.92 Å². The van der Waals surface area contributed by atoms with Gasteiger partial charge in [-0.1, -0.05) is 24.3 Å². The number of nitrogens with zero attached hydrogens (tertiary/aromatic N) is 1. The zero-order valence-corrected chi connectivity index (χ0v) is 17.5. The minimum Gasteiger partial charge on any atom is -0.492 e. The van der Waals surface area contributed by atoms with Crippen LogP contribution in [0.2, 0.25) is 0 Å². The molecule has 1 aliphatic heterocycles. The van der Waals surface area contributed by atoms with Gasteiger partial charge in [-0.25, -0.2) is 8.42 Å². The number of benzene rings is 2. The second-order valence-corrected chi connectivity index (χ2v) is 8.79. The molecule has 0 saturated carbocycles. The van der Waals surface area contributed by atoms with E-state index in [9.17, 15) is 13.2 Å². The summed E-state index contributed by atoms with van der Waals surface area (Å²) >= 11 is 0. The van der Waals surface area contributed by atoms with Crippen LogP contribution in [0.3, 0.4) is 0 Å². The summed E-state index contributed by atoms with van der Waals surface area (Å²) in [4.78, 5) is 12.4. The molecule has 0 spiro atoms. The van der Waals surface area contributed by atoms with Gasteiger partial charge in [0.2, 0.25) is 15.9 Å². The Morgan fingerprint density at radius 3 is 2.59 bits per heavy atom. The number of hydrogen-bond acceptors (Lipinski definition) is 4. The molecule has 3 rings (SSSR count). The van der Waals surface area contributed by atoms with E-state index in [2.05, 4.69) is 5.32 Å². The Labute approximate surface area is 172 Å². The molecule has 1 heterocycles. The Hall–Kier alpha value is -2.64. The molecule has 29 heavy (non-hydrogen) atoms. The molecule has 1 aliphatic rings. The highest BCUT2D eigenvalue weighted by Gasteiger charge is 2.30. The maximum Gasteiger partial charge on any atom is 0.248 e. The van der Waals surface area contributed by atoms with E-state index in [1.165, 1.54) is 16.4 Å². The highest BCUT2D eigenvalue weighted by atomic mass is 32.2. The summed E-state index contributed by atoms with van der Waals surface area (Å²) in [5, 5.41) is 2.74. The van der Waals surface area contributed by atoms with Crippen LogP contribution < -0.4 is 10.1 Å². The van der Waals surface area contributed by atoms with Crippen LogP contribution in [0.1, 0.15) is 30.9 Å². The van der Waals surface area contributed by atoms with Crippen molar-refractivity contribution in [2.24, 2.45) is 0 Å². The van der Waals surface area contributed by atoms with Gasteiger partial charge in [-0.2, -0.15) is 4.31 Å². The summed E-state index contributed by atoms with van der Waals surface area (Å²) < 4.78 is 33.1. The van der Waals surface area contributed by atoms with Crippen LogP contribution in [0.15, 0.2) is 53.4 Å². The number of nitrogens with one attached hydrogen (secondary N) is 1. The normalized spacial score (nSPS) is 15.0. The number of amides is 1. The van der Waals surface area contributed by atoms with E-state index < -0.39 is 10.0 Å². The number of carbonyl (C=O) groups excluding carboxylic acids is 1. The van der Waals surface area contributed by atoms with E-state index in [-0.39, 0.29) is 10.8 Å². The summed E-state index contributed by atoms with van der Waals surface area (Å²) in [6.45, 7) is 5.14. The van der Waals surface area contributed by atoms with E-state index in [1.54, 1.807) is 25.1 Å². The van der Waals surface area contributed by atoms with Crippen LogP contribution in [0.5, 0.6) is 5.75 Å². The summed E-state index contributed by atoms with van der Waals surface area (Å²) in [6, 6.07) is 12.5. The van der Waals surface area contributed by atoms with E-state index in [1.807, 2.05) is 31.2 Å². The number of rotatable bonds is 7. The smallest absolute Gasteiger partial charge is 0.248 e. The molecule has 1 N–H and O–H groups in total. The Kier molecular flexibility index (Phi) is 6.71. The Bertz CT molecular complexity index is 1010. The fraction of sp³-hybridized carbons (Fsp3) is 0.318. The van der Waals surface area contributed by atoms with Gasteiger partial charge < -0.3 is 10.1 Å². The van der Waals surface area contributed by atoms with Crippen LogP contribution in [0.25, 0.3) is 6.08 Å². The van der Waals surface area contributed by atoms with Gasteiger partial charge in [0.05, 0.1) is 6.61 Å². The van der Waals surface area contributed by atoms with Gasteiger partial charge in [-0.05, 0) is 62.1 Å². The molecule has 0 unspecified atom stereocenters. The minimum absolute atomic E-state index is 0.0851. The Morgan fingerprint density at radius 1 is 1.17 bits per heavy atom. The predicted octanol–water partition coefficient (Wildman–Crippen LogP) is 3.83. The average Bonchev–Trinajstić information content (AvgIpc) is 3.24. The quantitative estimate of drug-likeness (QED) is 0.699. The topological polar surface area (TPSA) is 75.7 Å². The standard InChI is InChI=1S/C22H26N2O4S/c1-3-28-20-12-11-19(16-21(20)29(26,27)24-14-6-7-15-24)23-22(25)13-10-18-9-5-4-8-17(18)2/h4-5,8-13,16H,3,6-7,14-15H2,1-2H3,(H,23,25)/b13-10+. The Balaban J connectivity index is 1.83. The first-order chi connectivity index (χ1) is 13.9. The molecule has 1 saturated heterocycles. The van der Waals surface area contributed by atoms with Gasteiger partial charge >= 0.3 is 0 Å². The summed E-state index contributed by atoms with van der Waals surface area (Å²) in [5.41, 5.74) is 2.42. The van der Waals surface area contributed by atoms with E-state index >= 15 is 0 Å². The summed E-state index contributed by atoms with van der Waals surface area (Å²) in [7, 11) is -3.67. The van der Waals surface area contributed by atoms with Gasteiger partial charge in [-0.15, -0.1) is 0 Å². The maximum atomic E-state index is 13.0. The van der Waals surface area contributed by atoms with Crippen LogP contribution in [-0.4, -0.2) is 38.3 Å². The third-order valence-electron chi connectivity index (χ3n) is 4.80. The molecule has 0 bridgehead atoms. The zero-order chi connectivity index (χ0) is 20.9. The Morgan fingerprint density at radius 2 is 1.90 bits per heavy atom. The largest absolute Gasteiger partial charge is 0.492 e. The molecule has 2 aromatic carbocycles. The fourth-order valence-electron chi connectivity index (χ4n) is 3.25. The first-order valence-corrected chi connectivity index (χ1v) is 11.2. The molecule has 1 fully saturated rings. The minimum atomic E-state index is -3.67. The zero-order valence-electron chi connectivity index (χ0n) is 16.7. The molecule has 2 aromatic rings. The van der Waals surface area contributed by atoms with Crippen LogP contribution in [0.4, 0.5) is 5.69 Å². The molecule has 0 aromatic heterocycles. The van der Waals surface area contributed by atoms with Crippen molar-refractivity contribution in [2.45, 2.75) is 31.6 Å². The maximum absolute atomic E-state index is 13.0. The lowest BCUT2D eigenvalue weighted by molar-refractivity contribution is -0.111. The molecule has 0 atom stereocenters. The molecular formula is C22H26N2O4S. The van der Waals surface area contributed by atoms with Crippen molar-refractivity contribution in [3.8, 4) is 5.75 Å². The monoisotopic (exact) mass is 414 g/mol. The lowest BCUT2D eigenvalue weighted by Gasteiger charge is -2.19. The highest BCUT2D eigenvalue weighted by molar-refractivity contribution is 7.89. The first kappa shape index (κ1) is 21.1. The summed E-state index contributed by atoms with van der Waals surface area (Å²) in [5.74, 6) is -0.0326. The molecule has 1 amide bonds. The highest BCUT2D eigenvalue weighted by Crippen LogP contribution is 2.31. The number of ether oxygens (including phenoxy) is 1. The average molecular weight is 415 g/mol. The van der Waals surface area contributed by atoms with Crippen LogP contribution >= 0.6 is 0 Å². The third kappa shape index (κ3) is 5.05. The first-order valence-electron chi connectivity index (χ1n) is 9.73. The fourth-order valence-corrected chi connectivity index (χ4v) is 4.93. The number of carbonyl (C=O) groups is 1. The van der Waals surface area contributed by atoms with Gasteiger partial charge in [0.25, 0.3) is 0 Å². The van der Waals surface area contributed by atoms with Gasteiger partial charge in [0, 0.05) is 24.9 Å². The van der Waals surface area contributed by atoms with Crippen molar-refractivity contribution in [2.75, 3.05) is 25.0 Å². The molecule has 7 heteroatoms. The van der Waals surface area contributed by atoms with Crippen molar-refractivity contribution in [3.63, 3.8) is 0 Å². The van der Waals surface area contributed by atoms with Crippen molar-refractivity contribution in [3.05, 3.63) is 59.7 Å². The lowest BCUT2D eigenvalue weighted by atomic mass is 10.1. The SMILES string of the molecule is CCOc1ccc(NC(=O)/C=C/c2ccccc2C)cc1S(=O)(=O)N1CCCC1. The van der Waals surface area contributed by atoms with Crippen LogP contribution in [-0.2, 0) is 14.8 Å². The van der Waals surface area contributed by atoms with E-state index in [0.717, 1.165) is 24.0 Å². The second-order valence-electron chi connectivity index (χ2n) is 6.88. The number of aryl methyl sites for hydroxylation is 1. The van der Waals surface area contributed by atoms with Gasteiger partial charge in [0.15, 0.2) is 0 Å². The second kappa shape index (κ2) is 9.24. The van der Waals surface area contributed by atoms with Gasteiger partial charge in [-0.3, -0.25) is 4.79 Å². The molecule has 0 aliphatic carbocycles. The third-order valence-corrected chi connectivity index (χ3v) is 6.72. The number of anilines is 1. The lowest BCUT2D eigenvalue weighted by Crippen LogP contribution is -2.28. The van der Waals surface area contributed by atoms with Crippen molar-refractivity contribution >= 4 is 27.7 Å². The number of sulfonamides is 1. The van der Waals surface area contributed by atoms with Crippen molar-refractivity contribution < 1.29 is 17.9 Å². The van der Waals surface area contributed by atoms with Crippen molar-refractivity contribution in [1.82, 2.24) is 4.31 Å².